The molecule has 0 spiro atoms. The lowest BCUT2D eigenvalue weighted by Crippen LogP contribution is -2.39. The van der Waals surface area contributed by atoms with Crippen LogP contribution in [0.25, 0.3) is 11.1 Å². The van der Waals surface area contributed by atoms with Gasteiger partial charge >= 0.3 is 0 Å². The maximum absolute atomic E-state index is 14.2. The van der Waals surface area contributed by atoms with Crippen LogP contribution in [0.2, 0.25) is 0 Å². The number of pyridine rings is 1. The van der Waals surface area contributed by atoms with Gasteiger partial charge in [0.05, 0.1) is 17.1 Å². The Labute approximate surface area is 192 Å². The monoisotopic (exact) mass is 446 g/mol. The third-order valence-electron chi connectivity index (χ3n) is 6.40. The quantitative estimate of drug-likeness (QED) is 0.459. The highest BCUT2D eigenvalue weighted by atomic mass is 19.1. The average molecular weight is 447 g/mol. The Balaban J connectivity index is 1.49. The Kier molecular flexibility index (Phi) is 6.00. The van der Waals surface area contributed by atoms with Gasteiger partial charge in [-0.05, 0) is 68.1 Å². The number of hydrogen-bond donors (Lipinski definition) is 1. The Morgan fingerprint density at radius 1 is 1.21 bits per heavy atom. The van der Waals surface area contributed by atoms with Gasteiger partial charge in [0.2, 0.25) is 5.95 Å². The van der Waals surface area contributed by atoms with Crippen LogP contribution in [0.15, 0.2) is 47.9 Å². The molecule has 1 fully saturated rings. The SMILES string of the molecule is Cc1nc(N)nc2c1C(=NOCCN1CCC1)CC(c1ccc(F)cc1-c1cccnc1)C2. The van der Waals surface area contributed by atoms with E-state index in [0.717, 1.165) is 59.0 Å². The van der Waals surface area contributed by atoms with E-state index in [1.807, 2.05) is 25.1 Å². The second-order valence-corrected chi connectivity index (χ2v) is 8.63. The van der Waals surface area contributed by atoms with Gasteiger partial charge in [0.1, 0.15) is 12.4 Å². The molecule has 2 aromatic heterocycles. The van der Waals surface area contributed by atoms with Crippen LogP contribution in [0.4, 0.5) is 10.3 Å². The Morgan fingerprint density at radius 2 is 2.09 bits per heavy atom. The Hall–Kier alpha value is -3.39. The predicted octanol–water partition coefficient (Wildman–Crippen LogP) is 3.72. The van der Waals surface area contributed by atoms with E-state index in [-0.39, 0.29) is 17.7 Å². The minimum atomic E-state index is -0.278. The van der Waals surface area contributed by atoms with E-state index < -0.39 is 0 Å². The van der Waals surface area contributed by atoms with E-state index in [0.29, 0.717) is 19.4 Å². The highest BCUT2D eigenvalue weighted by Gasteiger charge is 2.30. The van der Waals surface area contributed by atoms with Gasteiger partial charge in [-0.1, -0.05) is 17.3 Å². The van der Waals surface area contributed by atoms with Gasteiger partial charge in [0, 0.05) is 36.5 Å². The van der Waals surface area contributed by atoms with Crippen molar-refractivity contribution in [3.63, 3.8) is 0 Å². The van der Waals surface area contributed by atoms with Gasteiger partial charge in [-0.15, -0.1) is 0 Å². The number of aromatic nitrogens is 3. The fraction of sp³-hybridized carbons (Fsp3) is 0.360. The minimum Gasteiger partial charge on any atom is -0.394 e. The summed E-state index contributed by atoms with van der Waals surface area (Å²) in [6, 6.07) is 8.73. The maximum Gasteiger partial charge on any atom is 0.220 e. The van der Waals surface area contributed by atoms with Crippen molar-refractivity contribution in [3.8, 4) is 11.1 Å². The lowest BCUT2D eigenvalue weighted by molar-refractivity contribution is 0.0850. The molecule has 33 heavy (non-hydrogen) atoms. The number of benzene rings is 1. The molecule has 7 nitrogen and oxygen atoms in total. The summed E-state index contributed by atoms with van der Waals surface area (Å²) < 4.78 is 14.2. The van der Waals surface area contributed by atoms with E-state index in [1.54, 1.807) is 18.5 Å². The number of fused-ring (bicyclic) bond motifs is 1. The first-order chi connectivity index (χ1) is 16.1. The predicted molar refractivity (Wildman–Crippen MR) is 125 cm³/mol. The summed E-state index contributed by atoms with van der Waals surface area (Å²) >= 11 is 0. The zero-order valence-corrected chi connectivity index (χ0v) is 18.7. The first-order valence-electron chi connectivity index (χ1n) is 11.3. The third kappa shape index (κ3) is 4.57. The number of rotatable bonds is 6. The van der Waals surface area contributed by atoms with Crippen LogP contribution in [0.1, 0.15) is 41.3 Å². The largest absolute Gasteiger partial charge is 0.394 e. The molecule has 3 aromatic rings. The summed E-state index contributed by atoms with van der Waals surface area (Å²) in [5, 5.41) is 4.52. The number of anilines is 1. The van der Waals surface area contributed by atoms with Gasteiger partial charge in [0.25, 0.3) is 0 Å². The van der Waals surface area contributed by atoms with Crippen LogP contribution in [0.5, 0.6) is 0 Å². The van der Waals surface area contributed by atoms with E-state index >= 15 is 0 Å². The summed E-state index contributed by atoms with van der Waals surface area (Å²) in [6.45, 7) is 5.58. The normalized spacial score (nSPS) is 19.2. The fourth-order valence-electron chi connectivity index (χ4n) is 4.68. The zero-order valence-electron chi connectivity index (χ0n) is 18.7. The molecule has 1 aliphatic heterocycles. The first kappa shape index (κ1) is 21.5. The molecule has 2 aliphatic rings. The zero-order chi connectivity index (χ0) is 22.8. The number of halogens is 1. The second-order valence-electron chi connectivity index (χ2n) is 8.63. The number of likely N-dealkylation sites (tertiary alicyclic amines) is 1. The van der Waals surface area contributed by atoms with E-state index in [4.69, 9.17) is 10.6 Å². The van der Waals surface area contributed by atoms with Gasteiger partial charge in [-0.2, -0.15) is 0 Å². The fourth-order valence-corrected chi connectivity index (χ4v) is 4.68. The molecule has 1 atom stereocenters. The standard InChI is InChI=1S/C25H27FN6O/c1-16-24-22(30-25(27)29-16)12-18(13-23(24)31-33-11-10-32-8-3-9-32)20-6-5-19(26)14-21(20)17-4-2-7-28-15-17/h2,4-7,14-15,18H,3,8-13H2,1H3,(H2,27,29,30). The van der Waals surface area contributed by atoms with Crippen LogP contribution < -0.4 is 5.73 Å². The molecule has 5 rings (SSSR count). The van der Waals surface area contributed by atoms with Crippen molar-refractivity contribution in [2.24, 2.45) is 5.16 Å². The lowest BCUT2D eigenvalue weighted by atomic mass is 9.78. The van der Waals surface area contributed by atoms with Crippen molar-refractivity contribution in [2.75, 3.05) is 32.0 Å². The molecule has 1 aromatic carbocycles. The summed E-state index contributed by atoms with van der Waals surface area (Å²) in [5.74, 6) is 0.00993. The molecule has 0 radical (unpaired) electrons. The van der Waals surface area contributed by atoms with E-state index in [9.17, 15) is 4.39 Å². The smallest absolute Gasteiger partial charge is 0.220 e. The van der Waals surface area contributed by atoms with Crippen LogP contribution in [0.3, 0.4) is 0 Å². The molecule has 1 unspecified atom stereocenters. The third-order valence-corrected chi connectivity index (χ3v) is 6.40. The number of hydrogen-bond acceptors (Lipinski definition) is 7. The van der Waals surface area contributed by atoms with Crippen molar-refractivity contribution >= 4 is 11.7 Å². The summed E-state index contributed by atoms with van der Waals surface area (Å²) in [6.07, 6.45) is 6.02. The molecule has 1 saturated heterocycles. The summed E-state index contributed by atoms with van der Waals surface area (Å²) in [7, 11) is 0. The van der Waals surface area contributed by atoms with Gasteiger partial charge in [-0.25, -0.2) is 14.4 Å². The second kappa shape index (κ2) is 9.23. The highest BCUT2D eigenvalue weighted by Crippen LogP contribution is 2.38. The molecule has 170 valence electrons. The molecule has 3 heterocycles. The molecule has 0 amide bonds. The number of nitrogens with two attached hydrogens (primary N) is 1. The summed E-state index contributed by atoms with van der Waals surface area (Å²) in [4.78, 5) is 21.2. The van der Waals surface area contributed by atoms with Crippen molar-refractivity contribution in [1.29, 1.82) is 0 Å². The van der Waals surface area contributed by atoms with Gasteiger partial charge in [0.15, 0.2) is 0 Å². The Bertz CT molecular complexity index is 1180. The lowest BCUT2D eigenvalue weighted by Gasteiger charge is -2.30. The Morgan fingerprint density at radius 3 is 2.85 bits per heavy atom. The number of nitrogen functional groups attached to an aromatic ring is 1. The molecule has 0 bridgehead atoms. The minimum absolute atomic E-state index is 0.0414. The van der Waals surface area contributed by atoms with Crippen LogP contribution >= 0.6 is 0 Å². The number of aryl methyl sites for hydroxylation is 1. The van der Waals surface area contributed by atoms with Crippen LogP contribution in [0, 0.1) is 12.7 Å². The number of nitrogens with zero attached hydrogens (tertiary/aromatic N) is 5. The molecule has 8 heteroatoms. The van der Waals surface area contributed by atoms with E-state index in [2.05, 4.69) is 25.0 Å². The summed E-state index contributed by atoms with van der Waals surface area (Å²) in [5.41, 5.74) is 12.1. The molecule has 1 aliphatic carbocycles. The van der Waals surface area contributed by atoms with Crippen molar-refractivity contribution in [3.05, 3.63) is 71.1 Å². The molecular formula is C25H27FN6O. The molecule has 2 N–H and O–H groups in total. The highest BCUT2D eigenvalue weighted by molar-refractivity contribution is 6.03. The maximum atomic E-state index is 14.2. The molecular weight excluding hydrogens is 419 g/mol. The van der Waals surface area contributed by atoms with Gasteiger partial charge in [-0.3, -0.25) is 9.88 Å². The van der Waals surface area contributed by atoms with Crippen molar-refractivity contribution in [2.45, 2.75) is 32.1 Å². The van der Waals surface area contributed by atoms with Gasteiger partial charge < -0.3 is 10.6 Å². The first-order valence-corrected chi connectivity index (χ1v) is 11.3. The molecule has 0 saturated carbocycles. The van der Waals surface area contributed by atoms with Crippen molar-refractivity contribution < 1.29 is 9.23 Å². The van der Waals surface area contributed by atoms with E-state index in [1.165, 1.54) is 12.5 Å². The number of oxime groups is 1. The topological polar surface area (TPSA) is 89.5 Å². The average Bonchev–Trinajstić information content (AvgIpc) is 2.77. The van der Waals surface area contributed by atoms with Crippen molar-refractivity contribution in [1.82, 2.24) is 19.9 Å². The van der Waals surface area contributed by atoms with Crippen LogP contribution in [-0.2, 0) is 11.3 Å². The van der Waals surface area contributed by atoms with Crippen LogP contribution in [-0.4, -0.2) is 51.8 Å².